The van der Waals surface area contributed by atoms with Gasteiger partial charge in [0.2, 0.25) is 5.76 Å². The Kier molecular flexibility index (Phi) is 5.99. The van der Waals surface area contributed by atoms with Gasteiger partial charge in [-0.05, 0) is 36.1 Å². The Hall–Kier alpha value is -4.50. The van der Waals surface area contributed by atoms with Crippen LogP contribution in [0.2, 0.25) is 0 Å². The first kappa shape index (κ1) is 22.3. The van der Waals surface area contributed by atoms with E-state index in [1.165, 1.54) is 17.4 Å². The number of hydrogen-bond acceptors (Lipinski definition) is 7. The molecule has 2 aromatic heterocycles. The number of hydrogen-bond donors (Lipinski definition) is 1. The van der Waals surface area contributed by atoms with E-state index in [-0.39, 0.29) is 11.7 Å². The summed E-state index contributed by atoms with van der Waals surface area (Å²) < 4.78 is 11.3. The number of nitrogens with one attached hydrogen (secondary N) is 1. The lowest BCUT2D eigenvalue weighted by atomic mass is 9.82. The van der Waals surface area contributed by atoms with Crippen LogP contribution in [0.5, 0.6) is 5.75 Å². The van der Waals surface area contributed by atoms with Gasteiger partial charge >= 0.3 is 11.8 Å². The molecule has 0 saturated carbocycles. The number of amides is 1. The van der Waals surface area contributed by atoms with Crippen molar-refractivity contribution in [1.29, 1.82) is 0 Å². The van der Waals surface area contributed by atoms with Gasteiger partial charge in [0.05, 0.1) is 17.2 Å². The van der Waals surface area contributed by atoms with Crippen molar-refractivity contribution in [3.63, 3.8) is 0 Å². The molecular formula is C26H19N3O5S. The summed E-state index contributed by atoms with van der Waals surface area (Å²) in [6.07, 6.45) is 1.56. The maximum Gasteiger partial charge on any atom is 0.433 e. The van der Waals surface area contributed by atoms with Crippen molar-refractivity contribution in [1.82, 2.24) is 5.43 Å². The zero-order chi connectivity index (χ0) is 24.4. The molecule has 0 saturated heterocycles. The van der Waals surface area contributed by atoms with Crippen LogP contribution in [-0.4, -0.2) is 17.0 Å². The fraction of sp³-hybridized carbons (Fsp3) is 0.0769. The van der Waals surface area contributed by atoms with E-state index in [0.717, 1.165) is 39.0 Å². The van der Waals surface area contributed by atoms with Crippen LogP contribution in [0.3, 0.4) is 0 Å². The topological polar surface area (TPSA) is 107 Å². The summed E-state index contributed by atoms with van der Waals surface area (Å²) in [5, 5.41) is 17.0. The molecule has 0 spiro atoms. The van der Waals surface area contributed by atoms with E-state index in [4.69, 9.17) is 9.15 Å². The van der Waals surface area contributed by atoms with Crippen LogP contribution in [-0.2, 0) is 0 Å². The van der Waals surface area contributed by atoms with Gasteiger partial charge in [-0.15, -0.1) is 11.3 Å². The number of carbonyl (C=O) groups excluding carboxylic acids is 1. The largest absolute Gasteiger partial charge is 0.455 e. The Morgan fingerprint density at radius 2 is 1.89 bits per heavy atom. The zero-order valence-corrected chi connectivity index (χ0v) is 19.3. The summed E-state index contributed by atoms with van der Waals surface area (Å²) in [7, 11) is 0. The van der Waals surface area contributed by atoms with Gasteiger partial charge in [-0.2, -0.15) is 5.10 Å². The van der Waals surface area contributed by atoms with Gasteiger partial charge < -0.3 is 9.15 Å². The second kappa shape index (κ2) is 9.40. The van der Waals surface area contributed by atoms with Crippen LogP contribution in [0.25, 0.3) is 5.76 Å². The van der Waals surface area contributed by atoms with Crippen LogP contribution in [0.4, 0.5) is 5.88 Å². The van der Waals surface area contributed by atoms with Gasteiger partial charge in [-0.3, -0.25) is 14.9 Å². The number of benzene rings is 2. The SMILES string of the molecule is Cc1ccc([C@H]2C(/C=N\NC(=O)c3ccc([N+](=O)[O-])o3)=C(c3cccs3)Oc3ccccc32)cc1. The fourth-order valence-corrected chi connectivity index (χ4v) is 4.62. The monoisotopic (exact) mass is 485 g/mol. The summed E-state index contributed by atoms with van der Waals surface area (Å²) in [4.78, 5) is 23.5. The van der Waals surface area contributed by atoms with E-state index < -0.39 is 16.7 Å². The number of rotatable bonds is 6. The molecule has 0 aliphatic carbocycles. The van der Waals surface area contributed by atoms with E-state index in [2.05, 4.69) is 34.8 Å². The molecule has 0 unspecified atom stereocenters. The molecule has 0 bridgehead atoms. The molecule has 1 aliphatic heterocycles. The lowest BCUT2D eigenvalue weighted by molar-refractivity contribution is -0.402. The predicted octanol–water partition coefficient (Wildman–Crippen LogP) is 5.91. The standard InChI is InChI=1S/C26H19N3O5S/c1-16-8-10-17(11-9-16)24-18-5-2-3-6-20(18)34-25(22-7-4-14-35-22)19(24)15-27-28-26(30)21-12-13-23(33-21)29(31)32/h2-15,24H,1H3,(H,28,30)/b27-15-/t24-/m1/s1. The number of thiophene rings is 1. The molecular weight excluding hydrogens is 466 g/mol. The summed E-state index contributed by atoms with van der Waals surface area (Å²) in [5.74, 6) is -0.207. The van der Waals surface area contributed by atoms with Crippen molar-refractivity contribution in [2.75, 3.05) is 0 Å². The fourth-order valence-electron chi connectivity index (χ4n) is 3.89. The molecule has 1 atom stereocenters. The number of hydrazone groups is 1. The quantitative estimate of drug-likeness (QED) is 0.208. The molecule has 5 rings (SSSR count). The third-order valence-electron chi connectivity index (χ3n) is 5.54. The molecule has 1 amide bonds. The number of nitrogens with zero attached hydrogens (tertiary/aromatic N) is 2. The van der Waals surface area contributed by atoms with E-state index in [1.807, 2.05) is 48.7 Å². The number of para-hydroxylation sites is 1. The zero-order valence-electron chi connectivity index (χ0n) is 18.5. The predicted molar refractivity (Wildman–Crippen MR) is 133 cm³/mol. The van der Waals surface area contributed by atoms with Gasteiger partial charge in [0, 0.05) is 17.1 Å². The molecule has 9 heteroatoms. The summed E-state index contributed by atoms with van der Waals surface area (Å²) in [6.45, 7) is 2.03. The number of allylic oxidation sites excluding steroid dienone is 1. The Morgan fingerprint density at radius 3 is 2.60 bits per heavy atom. The van der Waals surface area contributed by atoms with Crippen molar-refractivity contribution in [3.8, 4) is 5.75 Å². The third-order valence-corrected chi connectivity index (χ3v) is 6.40. The van der Waals surface area contributed by atoms with Gasteiger partial charge in [-0.1, -0.05) is 54.1 Å². The van der Waals surface area contributed by atoms with Gasteiger partial charge in [0.15, 0.2) is 0 Å². The van der Waals surface area contributed by atoms with E-state index in [9.17, 15) is 14.9 Å². The number of furan rings is 1. The molecule has 1 aliphatic rings. The van der Waals surface area contributed by atoms with Crippen molar-refractivity contribution in [3.05, 3.63) is 121 Å². The Balaban J connectivity index is 1.55. The van der Waals surface area contributed by atoms with Crippen molar-refractivity contribution in [2.24, 2.45) is 5.10 Å². The number of fused-ring (bicyclic) bond motifs is 1. The van der Waals surface area contributed by atoms with Crippen LogP contribution >= 0.6 is 11.3 Å². The molecule has 8 nitrogen and oxygen atoms in total. The summed E-state index contributed by atoms with van der Waals surface area (Å²) in [5.41, 5.74) is 6.34. The summed E-state index contributed by atoms with van der Waals surface area (Å²) in [6, 6.07) is 22.3. The molecule has 4 aromatic rings. The average molecular weight is 486 g/mol. The highest BCUT2D eigenvalue weighted by molar-refractivity contribution is 7.11. The van der Waals surface area contributed by atoms with Crippen molar-refractivity contribution < 1.29 is 18.9 Å². The first-order chi connectivity index (χ1) is 17.0. The Bertz CT molecular complexity index is 1450. The number of ether oxygens (including phenoxy) is 1. The third kappa shape index (κ3) is 4.49. The van der Waals surface area contributed by atoms with Crippen molar-refractivity contribution >= 4 is 35.1 Å². The van der Waals surface area contributed by atoms with E-state index in [1.54, 1.807) is 6.21 Å². The van der Waals surface area contributed by atoms with E-state index >= 15 is 0 Å². The number of aryl methyl sites for hydroxylation is 1. The van der Waals surface area contributed by atoms with Gasteiger partial charge in [0.1, 0.15) is 16.4 Å². The molecule has 1 N–H and O–H groups in total. The highest BCUT2D eigenvalue weighted by Crippen LogP contribution is 2.45. The lowest BCUT2D eigenvalue weighted by Crippen LogP contribution is -2.20. The molecule has 35 heavy (non-hydrogen) atoms. The molecule has 174 valence electrons. The van der Waals surface area contributed by atoms with Crippen LogP contribution < -0.4 is 10.2 Å². The minimum absolute atomic E-state index is 0.192. The highest BCUT2D eigenvalue weighted by atomic mass is 32.1. The minimum Gasteiger partial charge on any atom is -0.455 e. The van der Waals surface area contributed by atoms with Crippen LogP contribution in [0.1, 0.15) is 38.0 Å². The molecule has 3 heterocycles. The van der Waals surface area contributed by atoms with E-state index in [0.29, 0.717) is 5.76 Å². The van der Waals surface area contributed by atoms with Crippen LogP contribution in [0, 0.1) is 17.0 Å². The number of nitro groups is 1. The normalized spacial score (nSPS) is 15.1. The highest BCUT2D eigenvalue weighted by Gasteiger charge is 2.31. The van der Waals surface area contributed by atoms with Crippen molar-refractivity contribution in [2.45, 2.75) is 12.8 Å². The first-order valence-electron chi connectivity index (χ1n) is 10.7. The summed E-state index contributed by atoms with van der Waals surface area (Å²) >= 11 is 1.54. The average Bonchev–Trinajstić information content (AvgIpc) is 3.57. The van der Waals surface area contributed by atoms with Gasteiger partial charge in [0.25, 0.3) is 0 Å². The molecule has 2 aromatic carbocycles. The Morgan fingerprint density at radius 1 is 1.09 bits per heavy atom. The minimum atomic E-state index is -0.707. The maximum absolute atomic E-state index is 12.4. The lowest BCUT2D eigenvalue weighted by Gasteiger charge is -2.29. The second-order valence-electron chi connectivity index (χ2n) is 7.84. The maximum atomic E-state index is 12.4. The smallest absolute Gasteiger partial charge is 0.433 e. The molecule has 0 radical (unpaired) electrons. The van der Waals surface area contributed by atoms with Crippen LogP contribution in [0.15, 0.2) is 93.3 Å². The number of carbonyl (C=O) groups is 1. The Labute approximate surface area is 204 Å². The molecule has 0 fully saturated rings. The second-order valence-corrected chi connectivity index (χ2v) is 8.79. The van der Waals surface area contributed by atoms with Gasteiger partial charge in [-0.25, -0.2) is 5.43 Å². The first-order valence-corrected chi connectivity index (χ1v) is 11.6.